The number of aromatic nitrogens is 1. The average molecular weight is 274 g/mol. The molecular formula is C15H15FN2O2. The lowest BCUT2D eigenvalue weighted by Gasteiger charge is -2.08. The smallest absolute Gasteiger partial charge is 0.341 e. The number of halogens is 1. The van der Waals surface area contributed by atoms with Crippen LogP contribution in [0.4, 0.5) is 10.1 Å². The van der Waals surface area contributed by atoms with E-state index in [1.807, 2.05) is 13.0 Å². The summed E-state index contributed by atoms with van der Waals surface area (Å²) in [5.74, 6) is -1.34. The molecule has 0 fully saturated rings. The molecule has 20 heavy (non-hydrogen) atoms. The molecule has 0 aliphatic rings. The molecule has 0 amide bonds. The van der Waals surface area contributed by atoms with E-state index in [0.29, 0.717) is 11.3 Å². The Balaban J connectivity index is 2.13. The van der Waals surface area contributed by atoms with Crippen molar-refractivity contribution in [1.82, 2.24) is 4.98 Å². The first-order valence-electron chi connectivity index (χ1n) is 6.10. The summed E-state index contributed by atoms with van der Waals surface area (Å²) in [6.07, 6.45) is 3.30. The van der Waals surface area contributed by atoms with E-state index < -0.39 is 11.8 Å². The monoisotopic (exact) mass is 274 g/mol. The van der Waals surface area contributed by atoms with Crippen molar-refractivity contribution in [3.63, 3.8) is 0 Å². The summed E-state index contributed by atoms with van der Waals surface area (Å²) in [5.41, 5.74) is 7.81. The van der Waals surface area contributed by atoms with Gasteiger partial charge in [-0.3, -0.25) is 4.98 Å². The summed E-state index contributed by atoms with van der Waals surface area (Å²) in [7, 11) is 0. The minimum Gasteiger partial charge on any atom is -0.457 e. The lowest BCUT2D eigenvalue weighted by atomic mass is 10.1. The van der Waals surface area contributed by atoms with Gasteiger partial charge in [0.25, 0.3) is 0 Å². The van der Waals surface area contributed by atoms with E-state index in [1.54, 1.807) is 19.3 Å². The van der Waals surface area contributed by atoms with Gasteiger partial charge in [0, 0.05) is 23.6 Å². The molecule has 0 unspecified atom stereocenters. The van der Waals surface area contributed by atoms with Crippen molar-refractivity contribution in [2.45, 2.75) is 20.5 Å². The molecule has 0 aliphatic carbocycles. The highest BCUT2D eigenvalue weighted by Crippen LogP contribution is 2.18. The van der Waals surface area contributed by atoms with Crippen LogP contribution in [0.15, 0.2) is 30.6 Å². The zero-order valence-electron chi connectivity index (χ0n) is 11.3. The third-order valence-corrected chi connectivity index (χ3v) is 2.80. The van der Waals surface area contributed by atoms with Crippen molar-refractivity contribution < 1.29 is 13.9 Å². The van der Waals surface area contributed by atoms with Gasteiger partial charge in [-0.05, 0) is 43.2 Å². The van der Waals surface area contributed by atoms with Gasteiger partial charge in [-0.2, -0.15) is 0 Å². The molecule has 5 heteroatoms. The number of esters is 1. The van der Waals surface area contributed by atoms with Crippen LogP contribution in [0.25, 0.3) is 0 Å². The van der Waals surface area contributed by atoms with Gasteiger partial charge in [0.1, 0.15) is 12.4 Å². The quantitative estimate of drug-likeness (QED) is 0.690. The molecule has 1 heterocycles. The molecule has 0 saturated carbocycles. The molecule has 0 atom stereocenters. The Morgan fingerprint density at radius 2 is 2.05 bits per heavy atom. The fraction of sp³-hybridized carbons (Fsp3) is 0.200. The second-order valence-electron chi connectivity index (χ2n) is 4.65. The molecule has 1 aromatic heterocycles. The number of nitrogen functional groups attached to an aromatic ring is 1. The molecule has 0 radical (unpaired) electrons. The highest BCUT2D eigenvalue weighted by molar-refractivity contribution is 5.91. The van der Waals surface area contributed by atoms with Gasteiger partial charge >= 0.3 is 5.97 Å². The van der Waals surface area contributed by atoms with Gasteiger partial charge < -0.3 is 10.5 Å². The van der Waals surface area contributed by atoms with Crippen LogP contribution >= 0.6 is 0 Å². The highest BCUT2D eigenvalue weighted by atomic mass is 19.1. The van der Waals surface area contributed by atoms with Crippen LogP contribution in [-0.4, -0.2) is 11.0 Å². The Hall–Kier alpha value is -2.43. The van der Waals surface area contributed by atoms with E-state index in [0.717, 1.165) is 11.1 Å². The normalized spacial score (nSPS) is 10.3. The fourth-order valence-electron chi connectivity index (χ4n) is 1.87. The average Bonchev–Trinajstić information content (AvgIpc) is 2.40. The maximum Gasteiger partial charge on any atom is 0.341 e. The molecule has 0 spiro atoms. The second-order valence-corrected chi connectivity index (χ2v) is 4.65. The van der Waals surface area contributed by atoms with Gasteiger partial charge in [-0.25, -0.2) is 9.18 Å². The lowest BCUT2D eigenvalue weighted by Crippen LogP contribution is -2.09. The third kappa shape index (κ3) is 3.12. The summed E-state index contributed by atoms with van der Waals surface area (Å²) in [5, 5.41) is 0. The molecule has 104 valence electrons. The summed E-state index contributed by atoms with van der Waals surface area (Å²) in [6, 6.07) is 4.59. The van der Waals surface area contributed by atoms with Crippen LogP contribution in [0.1, 0.15) is 27.0 Å². The van der Waals surface area contributed by atoms with Crippen LogP contribution in [-0.2, 0) is 11.3 Å². The minimum absolute atomic E-state index is 0.0425. The second kappa shape index (κ2) is 5.69. The Labute approximate surface area is 116 Å². The largest absolute Gasteiger partial charge is 0.457 e. The van der Waals surface area contributed by atoms with Gasteiger partial charge in [0.15, 0.2) is 0 Å². The van der Waals surface area contributed by atoms with Gasteiger partial charge in [0.05, 0.1) is 5.56 Å². The maximum atomic E-state index is 13.9. The van der Waals surface area contributed by atoms with E-state index in [4.69, 9.17) is 10.5 Å². The molecule has 2 rings (SSSR count). The molecule has 4 nitrogen and oxygen atoms in total. The number of carbonyl (C=O) groups is 1. The molecule has 0 bridgehead atoms. The number of aryl methyl sites for hydroxylation is 2. The topological polar surface area (TPSA) is 65.2 Å². The highest BCUT2D eigenvalue weighted by Gasteiger charge is 2.16. The predicted molar refractivity (Wildman–Crippen MR) is 73.6 cm³/mol. The van der Waals surface area contributed by atoms with E-state index in [-0.39, 0.29) is 12.2 Å². The van der Waals surface area contributed by atoms with Crippen molar-refractivity contribution in [3.05, 3.63) is 58.7 Å². The van der Waals surface area contributed by atoms with Crippen LogP contribution < -0.4 is 5.73 Å². The maximum absolute atomic E-state index is 13.9. The fourth-order valence-corrected chi connectivity index (χ4v) is 1.87. The van der Waals surface area contributed by atoms with Crippen molar-refractivity contribution >= 4 is 11.7 Å². The first kappa shape index (κ1) is 14.0. The number of pyridine rings is 1. The van der Waals surface area contributed by atoms with Crippen LogP contribution in [0.5, 0.6) is 0 Å². The molecule has 0 aliphatic heterocycles. The van der Waals surface area contributed by atoms with E-state index in [9.17, 15) is 9.18 Å². The number of nitrogens with zero attached hydrogens (tertiary/aromatic N) is 1. The first-order chi connectivity index (χ1) is 9.47. The van der Waals surface area contributed by atoms with Crippen molar-refractivity contribution in [3.8, 4) is 0 Å². The third-order valence-electron chi connectivity index (χ3n) is 2.80. The number of nitrogens with two attached hydrogens (primary N) is 1. The minimum atomic E-state index is -0.737. The summed E-state index contributed by atoms with van der Waals surface area (Å²) >= 11 is 0. The number of rotatable bonds is 3. The van der Waals surface area contributed by atoms with E-state index in [1.165, 1.54) is 12.1 Å². The molecule has 2 aromatic rings. The Morgan fingerprint density at radius 1 is 1.30 bits per heavy atom. The Bertz CT molecular complexity index is 656. The lowest BCUT2D eigenvalue weighted by molar-refractivity contribution is 0.0466. The zero-order chi connectivity index (χ0) is 14.7. The van der Waals surface area contributed by atoms with Crippen LogP contribution in [0.3, 0.4) is 0 Å². The zero-order valence-corrected chi connectivity index (χ0v) is 11.3. The van der Waals surface area contributed by atoms with Crippen molar-refractivity contribution in [2.24, 2.45) is 0 Å². The van der Waals surface area contributed by atoms with Crippen molar-refractivity contribution in [1.29, 1.82) is 0 Å². The van der Waals surface area contributed by atoms with Crippen LogP contribution in [0.2, 0.25) is 0 Å². The molecular weight excluding hydrogens is 259 g/mol. The summed E-state index contributed by atoms with van der Waals surface area (Å²) in [4.78, 5) is 15.9. The van der Waals surface area contributed by atoms with Crippen molar-refractivity contribution in [2.75, 3.05) is 5.73 Å². The molecule has 1 aromatic carbocycles. The standard InChI is InChI=1S/C15H15FN2O2/c1-9-3-11(7-18-6-9)8-20-15(19)13-5-12(17)4-10(2)14(13)16/h3-7H,8,17H2,1-2H3. The van der Waals surface area contributed by atoms with Crippen LogP contribution in [0, 0.1) is 19.7 Å². The number of hydrogen-bond acceptors (Lipinski definition) is 4. The Morgan fingerprint density at radius 3 is 2.75 bits per heavy atom. The van der Waals surface area contributed by atoms with Gasteiger partial charge in [-0.15, -0.1) is 0 Å². The summed E-state index contributed by atoms with van der Waals surface area (Å²) in [6.45, 7) is 3.48. The SMILES string of the molecule is Cc1cncc(COC(=O)c2cc(N)cc(C)c2F)c1. The number of anilines is 1. The summed E-state index contributed by atoms with van der Waals surface area (Å²) < 4.78 is 18.9. The van der Waals surface area contributed by atoms with E-state index >= 15 is 0 Å². The molecule has 2 N–H and O–H groups in total. The van der Waals surface area contributed by atoms with Gasteiger partial charge in [0.2, 0.25) is 0 Å². The predicted octanol–water partition coefficient (Wildman–Crippen LogP) is 2.78. The number of carbonyl (C=O) groups excluding carboxylic acids is 1. The first-order valence-corrected chi connectivity index (χ1v) is 6.10. The number of benzene rings is 1. The Kier molecular flexibility index (Phi) is 3.98. The van der Waals surface area contributed by atoms with E-state index in [2.05, 4.69) is 4.98 Å². The molecule has 0 saturated heterocycles. The number of ether oxygens (including phenoxy) is 1. The van der Waals surface area contributed by atoms with Gasteiger partial charge in [-0.1, -0.05) is 0 Å². The number of hydrogen-bond donors (Lipinski definition) is 1.